The number of nitrogens with zero attached hydrogens (tertiary/aromatic N) is 1. The van der Waals surface area contributed by atoms with Crippen molar-refractivity contribution in [2.75, 3.05) is 6.54 Å². The SMILES string of the molecule is NCCc1c[nH]c(C=O)n1. The number of hydrogen-bond acceptors (Lipinski definition) is 3. The Morgan fingerprint density at radius 1 is 1.80 bits per heavy atom. The molecule has 0 unspecified atom stereocenters. The van der Waals surface area contributed by atoms with Gasteiger partial charge in [0.15, 0.2) is 12.1 Å². The van der Waals surface area contributed by atoms with Crippen LogP contribution in [0.5, 0.6) is 0 Å². The Balaban J connectivity index is 2.68. The number of nitrogens with two attached hydrogens (primary N) is 1. The Bertz CT molecular complexity index is 219. The molecule has 54 valence electrons. The third-order valence-corrected chi connectivity index (χ3v) is 1.16. The fraction of sp³-hybridized carbons (Fsp3) is 0.333. The van der Waals surface area contributed by atoms with Gasteiger partial charge in [-0.1, -0.05) is 0 Å². The lowest BCUT2D eigenvalue weighted by Crippen LogP contribution is -2.02. The number of imidazole rings is 1. The minimum atomic E-state index is 0.364. The minimum Gasteiger partial charge on any atom is -0.342 e. The quantitative estimate of drug-likeness (QED) is 0.566. The van der Waals surface area contributed by atoms with E-state index in [0.717, 1.165) is 5.69 Å². The zero-order valence-electron chi connectivity index (χ0n) is 5.50. The number of carbonyl (C=O) groups is 1. The van der Waals surface area contributed by atoms with Crippen molar-refractivity contribution < 1.29 is 4.79 Å². The van der Waals surface area contributed by atoms with Gasteiger partial charge in [-0.2, -0.15) is 0 Å². The Morgan fingerprint density at radius 2 is 2.60 bits per heavy atom. The van der Waals surface area contributed by atoms with Crippen molar-refractivity contribution in [1.29, 1.82) is 0 Å². The van der Waals surface area contributed by atoms with Crippen LogP contribution in [-0.4, -0.2) is 22.8 Å². The van der Waals surface area contributed by atoms with Crippen molar-refractivity contribution in [3.8, 4) is 0 Å². The van der Waals surface area contributed by atoms with Gasteiger partial charge < -0.3 is 10.7 Å². The summed E-state index contributed by atoms with van der Waals surface area (Å²) in [5.74, 6) is 0.364. The Morgan fingerprint density at radius 3 is 3.10 bits per heavy atom. The molecule has 0 amide bonds. The molecule has 3 N–H and O–H groups in total. The van der Waals surface area contributed by atoms with E-state index in [1.54, 1.807) is 6.20 Å². The maximum absolute atomic E-state index is 10.1. The first-order valence-electron chi connectivity index (χ1n) is 3.06. The maximum Gasteiger partial charge on any atom is 0.185 e. The van der Waals surface area contributed by atoms with Crippen LogP contribution in [0.25, 0.3) is 0 Å². The lowest BCUT2D eigenvalue weighted by atomic mass is 10.3. The van der Waals surface area contributed by atoms with Gasteiger partial charge in [-0.15, -0.1) is 0 Å². The summed E-state index contributed by atoms with van der Waals surface area (Å²) in [6.07, 6.45) is 3.08. The lowest BCUT2D eigenvalue weighted by Gasteiger charge is -1.85. The predicted octanol–water partition coefficient (Wildman–Crippen LogP) is -0.277. The standard InChI is InChI=1S/C6H9N3O/c7-2-1-5-3-8-6(4-10)9-5/h3-4H,1-2,7H2,(H,8,9). The molecule has 1 rings (SSSR count). The minimum absolute atomic E-state index is 0.364. The molecule has 0 aromatic carbocycles. The lowest BCUT2D eigenvalue weighted by molar-refractivity contribution is 0.111. The van der Waals surface area contributed by atoms with Gasteiger partial charge in [-0.25, -0.2) is 4.98 Å². The molecule has 0 aliphatic rings. The zero-order valence-corrected chi connectivity index (χ0v) is 5.50. The Kier molecular flexibility index (Phi) is 2.17. The molecule has 0 saturated carbocycles. The third-order valence-electron chi connectivity index (χ3n) is 1.16. The highest BCUT2D eigenvalue weighted by molar-refractivity contribution is 5.68. The summed E-state index contributed by atoms with van der Waals surface area (Å²) < 4.78 is 0. The van der Waals surface area contributed by atoms with Gasteiger partial charge in [0, 0.05) is 12.6 Å². The van der Waals surface area contributed by atoms with E-state index >= 15 is 0 Å². The first-order chi connectivity index (χ1) is 4.86. The van der Waals surface area contributed by atoms with Crippen molar-refractivity contribution >= 4 is 6.29 Å². The van der Waals surface area contributed by atoms with E-state index in [0.29, 0.717) is 25.1 Å². The smallest absolute Gasteiger partial charge is 0.185 e. The number of aromatic nitrogens is 2. The molecule has 1 aromatic heterocycles. The van der Waals surface area contributed by atoms with E-state index in [1.807, 2.05) is 0 Å². The number of H-pyrrole nitrogens is 1. The molecule has 1 heterocycles. The zero-order chi connectivity index (χ0) is 7.40. The summed E-state index contributed by atoms with van der Waals surface area (Å²) in [4.78, 5) is 16.7. The monoisotopic (exact) mass is 139 g/mol. The summed E-state index contributed by atoms with van der Waals surface area (Å²) in [5, 5.41) is 0. The highest BCUT2D eigenvalue weighted by Crippen LogP contribution is 1.93. The highest BCUT2D eigenvalue weighted by Gasteiger charge is 1.96. The molecule has 0 aliphatic heterocycles. The van der Waals surface area contributed by atoms with Crippen LogP contribution in [0.15, 0.2) is 6.20 Å². The molecule has 0 fully saturated rings. The fourth-order valence-electron chi connectivity index (χ4n) is 0.713. The molecular formula is C6H9N3O. The van der Waals surface area contributed by atoms with Crippen LogP contribution in [0.2, 0.25) is 0 Å². The molecule has 10 heavy (non-hydrogen) atoms. The normalized spacial score (nSPS) is 9.70. The summed E-state index contributed by atoms with van der Waals surface area (Å²) in [6.45, 7) is 0.559. The molecule has 0 atom stereocenters. The number of aromatic amines is 1. The van der Waals surface area contributed by atoms with E-state index in [-0.39, 0.29) is 0 Å². The second-order valence-electron chi connectivity index (χ2n) is 1.93. The molecule has 1 aromatic rings. The Hall–Kier alpha value is -1.16. The first kappa shape index (κ1) is 6.95. The highest BCUT2D eigenvalue weighted by atomic mass is 16.1. The van der Waals surface area contributed by atoms with Crippen molar-refractivity contribution in [2.45, 2.75) is 6.42 Å². The van der Waals surface area contributed by atoms with E-state index < -0.39 is 0 Å². The molecule has 0 saturated heterocycles. The summed E-state index contributed by atoms with van der Waals surface area (Å²) in [5.41, 5.74) is 6.11. The van der Waals surface area contributed by atoms with Gasteiger partial charge in [-0.05, 0) is 6.54 Å². The van der Waals surface area contributed by atoms with Crippen LogP contribution in [0, 0.1) is 0 Å². The van der Waals surface area contributed by atoms with Crippen LogP contribution >= 0.6 is 0 Å². The summed E-state index contributed by atoms with van der Waals surface area (Å²) in [7, 11) is 0. The van der Waals surface area contributed by atoms with Gasteiger partial charge in [0.25, 0.3) is 0 Å². The molecule has 4 heteroatoms. The van der Waals surface area contributed by atoms with Crippen LogP contribution in [0.4, 0.5) is 0 Å². The van der Waals surface area contributed by atoms with Gasteiger partial charge in [0.2, 0.25) is 0 Å². The molecule has 4 nitrogen and oxygen atoms in total. The Labute approximate surface area is 58.5 Å². The van der Waals surface area contributed by atoms with Gasteiger partial charge in [0.1, 0.15) is 0 Å². The number of rotatable bonds is 3. The number of aldehydes is 1. The summed E-state index contributed by atoms with van der Waals surface area (Å²) in [6, 6.07) is 0. The number of carbonyl (C=O) groups excluding carboxylic acids is 1. The van der Waals surface area contributed by atoms with E-state index in [4.69, 9.17) is 5.73 Å². The average molecular weight is 139 g/mol. The average Bonchev–Trinajstić information content (AvgIpc) is 2.37. The van der Waals surface area contributed by atoms with E-state index in [2.05, 4.69) is 9.97 Å². The first-order valence-corrected chi connectivity index (χ1v) is 3.06. The fourth-order valence-corrected chi connectivity index (χ4v) is 0.713. The van der Waals surface area contributed by atoms with E-state index in [9.17, 15) is 4.79 Å². The second-order valence-corrected chi connectivity index (χ2v) is 1.93. The van der Waals surface area contributed by atoms with Gasteiger partial charge in [0.05, 0.1) is 5.69 Å². The van der Waals surface area contributed by atoms with Gasteiger partial charge >= 0.3 is 0 Å². The predicted molar refractivity (Wildman–Crippen MR) is 36.7 cm³/mol. The van der Waals surface area contributed by atoms with Crippen LogP contribution in [0.1, 0.15) is 16.3 Å². The summed E-state index contributed by atoms with van der Waals surface area (Å²) >= 11 is 0. The topological polar surface area (TPSA) is 71.8 Å². The molecule has 0 bridgehead atoms. The van der Waals surface area contributed by atoms with E-state index in [1.165, 1.54) is 0 Å². The number of nitrogens with one attached hydrogen (secondary N) is 1. The second kappa shape index (κ2) is 3.12. The van der Waals surface area contributed by atoms with Crippen molar-refractivity contribution in [1.82, 2.24) is 9.97 Å². The molecule has 0 spiro atoms. The molecular weight excluding hydrogens is 130 g/mol. The van der Waals surface area contributed by atoms with Gasteiger partial charge in [-0.3, -0.25) is 4.79 Å². The molecule has 0 aliphatic carbocycles. The van der Waals surface area contributed by atoms with Crippen LogP contribution in [0.3, 0.4) is 0 Å². The third kappa shape index (κ3) is 1.41. The number of hydrogen-bond donors (Lipinski definition) is 2. The van der Waals surface area contributed by atoms with Crippen molar-refractivity contribution in [3.05, 3.63) is 17.7 Å². The van der Waals surface area contributed by atoms with Crippen molar-refractivity contribution in [2.24, 2.45) is 5.73 Å². The van der Waals surface area contributed by atoms with Crippen molar-refractivity contribution in [3.63, 3.8) is 0 Å². The maximum atomic E-state index is 10.1. The largest absolute Gasteiger partial charge is 0.342 e. The molecule has 0 radical (unpaired) electrons. The van der Waals surface area contributed by atoms with Crippen LogP contribution < -0.4 is 5.73 Å². The van der Waals surface area contributed by atoms with Crippen LogP contribution in [-0.2, 0) is 6.42 Å².